The SMILES string of the molecule is C[C@H](Sc1nnnn1C)C(=O)NC(=O)NC1CCCCC1. The van der Waals surface area contributed by atoms with Crippen molar-refractivity contribution < 1.29 is 9.59 Å². The average molecular weight is 312 g/mol. The van der Waals surface area contributed by atoms with Crippen LogP contribution in [0.1, 0.15) is 39.0 Å². The van der Waals surface area contributed by atoms with E-state index in [2.05, 4.69) is 26.2 Å². The number of thioether (sulfide) groups is 1. The number of amides is 3. The highest BCUT2D eigenvalue weighted by atomic mass is 32.2. The highest BCUT2D eigenvalue weighted by Crippen LogP contribution is 2.19. The van der Waals surface area contributed by atoms with Gasteiger partial charge in [-0.25, -0.2) is 9.48 Å². The van der Waals surface area contributed by atoms with Gasteiger partial charge < -0.3 is 5.32 Å². The Balaban J connectivity index is 1.77. The second-order valence-corrected chi connectivity index (χ2v) is 6.45. The van der Waals surface area contributed by atoms with Crippen LogP contribution in [0, 0.1) is 0 Å². The molecule has 0 radical (unpaired) electrons. The number of rotatable bonds is 4. The van der Waals surface area contributed by atoms with E-state index in [0.717, 1.165) is 25.7 Å². The van der Waals surface area contributed by atoms with Crippen LogP contribution in [-0.4, -0.2) is 43.4 Å². The lowest BCUT2D eigenvalue weighted by molar-refractivity contribution is -0.119. The van der Waals surface area contributed by atoms with E-state index >= 15 is 0 Å². The number of carbonyl (C=O) groups is 2. The Bertz CT molecular complexity index is 500. The van der Waals surface area contributed by atoms with Gasteiger partial charge in [0, 0.05) is 13.1 Å². The summed E-state index contributed by atoms with van der Waals surface area (Å²) in [5.41, 5.74) is 0. The van der Waals surface area contributed by atoms with Crippen LogP contribution in [0.25, 0.3) is 0 Å². The van der Waals surface area contributed by atoms with Gasteiger partial charge in [-0.05, 0) is 30.2 Å². The van der Waals surface area contributed by atoms with Crippen LogP contribution in [0.4, 0.5) is 4.79 Å². The molecule has 0 saturated heterocycles. The van der Waals surface area contributed by atoms with Gasteiger partial charge in [0.2, 0.25) is 11.1 Å². The largest absolute Gasteiger partial charge is 0.335 e. The van der Waals surface area contributed by atoms with Crippen LogP contribution >= 0.6 is 11.8 Å². The molecular formula is C12H20N6O2S. The third-order valence-corrected chi connectivity index (χ3v) is 4.53. The summed E-state index contributed by atoms with van der Waals surface area (Å²) in [6.45, 7) is 1.71. The fraction of sp³-hybridized carbons (Fsp3) is 0.750. The lowest BCUT2D eigenvalue weighted by Gasteiger charge is -2.22. The standard InChI is InChI=1S/C12H20N6O2S/c1-8(21-12-15-16-17-18(12)2)10(19)14-11(20)13-9-6-4-3-5-7-9/h8-9H,3-7H2,1-2H3,(H2,13,14,19,20)/t8-/m0/s1. The van der Waals surface area contributed by atoms with E-state index in [1.165, 1.54) is 22.9 Å². The number of nitrogens with one attached hydrogen (secondary N) is 2. The minimum atomic E-state index is -0.452. The Labute approximate surface area is 127 Å². The molecule has 1 atom stereocenters. The summed E-state index contributed by atoms with van der Waals surface area (Å²) in [6.07, 6.45) is 5.44. The number of carbonyl (C=O) groups excluding carboxylic acids is 2. The number of hydrogen-bond donors (Lipinski definition) is 2. The van der Waals surface area contributed by atoms with Gasteiger partial charge in [-0.3, -0.25) is 10.1 Å². The summed E-state index contributed by atoms with van der Waals surface area (Å²) in [5.74, 6) is -0.351. The van der Waals surface area contributed by atoms with Crippen molar-refractivity contribution in [3.8, 4) is 0 Å². The van der Waals surface area contributed by atoms with Crippen molar-refractivity contribution in [3.05, 3.63) is 0 Å². The van der Waals surface area contributed by atoms with Crippen LogP contribution in [0.3, 0.4) is 0 Å². The number of aryl methyl sites for hydroxylation is 1. The lowest BCUT2D eigenvalue weighted by atomic mass is 9.96. The molecule has 0 spiro atoms. The fourth-order valence-electron chi connectivity index (χ4n) is 2.21. The molecule has 3 amide bonds. The minimum absolute atomic E-state index is 0.178. The van der Waals surface area contributed by atoms with Crippen molar-refractivity contribution in [1.82, 2.24) is 30.8 Å². The molecule has 2 rings (SSSR count). The van der Waals surface area contributed by atoms with Crippen LogP contribution < -0.4 is 10.6 Å². The molecule has 0 unspecified atom stereocenters. The monoisotopic (exact) mass is 312 g/mol. The third-order valence-electron chi connectivity index (χ3n) is 3.41. The summed E-state index contributed by atoms with van der Waals surface area (Å²) in [7, 11) is 1.70. The molecule has 116 valence electrons. The van der Waals surface area contributed by atoms with E-state index in [0.29, 0.717) is 5.16 Å². The smallest absolute Gasteiger partial charge is 0.321 e. The molecule has 1 fully saturated rings. The van der Waals surface area contributed by atoms with Gasteiger partial charge >= 0.3 is 6.03 Å². The summed E-state index contributed by atoms with van der Waals surface area (Å²) < 4.78 is 1.48. The molecule has 1 aromatic rings. The zero-order chi connectivity index (χ0) is 15.2. The molecule has 0 aromatic carbocycles. The van der Waals surface area contributed by atoms with Crippen molar-refractivity contribution in [3.63, 3.8) is 0 Å². The van der Waals surface area contributed by atoms with E-state index in [1.807, 2.05) is 0 Å². The molecule has 0 bridgehead atoms. The van der Waals surface area contributed by atoms with Crippen molar-refractivity contribution in [2.24, 2.45) is 7.05 Å². The minimum Gasteiger partial charge on any atom is -0.335 e. The number of tetrazole rings is 1. The van der Waals surface area contributed by atoms with Gasteiger partial charge in [-0.1, -0.05) is 31.0 Å². The molecule has 0 aliphatic heterocycles. The maximum Gasteiger partial charge on any atom is 0.321 e. The second kappa shape index (κ2) is 7.39. The Morgan fingerprint density at radius 2 is 2.05 bits per heavy atom. The zero-order valence-electron chi connectivity index (χ0n) is 12.2. The van der Waals surface area contributed by atoms with Crippen molar-refractivity contribution in [2.75, 3.05) is 0 Å². The van der Waals surface area contributed by atoms with E-state index in [-0.39, 0.29) is 11.9 Å². The van der Waals surface area contributed by atoms with Crippen molar-refractivity contribution >= 4 is 23.7 Å². The number of urea groups is 1. The Morgan fingerprint density at radius 1 is 1.33 bits per heavy atom. The van der Waals surface area contributed by atoms with Gasteiger partial charge in [-0.2, -0.15) is 0 Å². The number of nitrogens with zero attached hydrogens (tertiary/aromatic N) is 4. The first-order valence-corrected chi connectivity index (χ1v) is 7.94. The molecule has 1 aromatic heterocycles. The van der Waals surface area contributed by atoms with Crippen LogP contribution in [0.5, 0.6) is 0 Å². The first-order chi connectivity index (χ1) is 10.1. The number of hydrogen-bond acceptors (Lipinski definition) is 6. The van der Waals surface area contributed by atoms with E-state index in [1.54, 1.807) is 14.0 Å². The molecule has 9 heteroatoms. The topological polar surface area (TPSA) is 102 Å². The summed E-state index contributed by atoms with van der Waals surface area (Å²) in [4.78, 5) is 23.8. The van der Waals surface area contributed by atoms with Crippen LogP contribution in [0.15, 0.2) is 5.16 Å². The van der Waals surface area contributed by atoms with Crippen LogP contribution in [0.2, 0.25) is 0 Å². The van der Waals surface area contributed by atoms with Gasteiger partial charge in [0.05, 0.1) is 5.25 Å². The predicted molar refractivity (Wildman–Crippen MR) is 77.7 cm³/mol. The van der Waals surface area contributed by atoms with Crippen molar-refractivity contribution in [2.45, 2.75) is 55.5 Å². The maximum atomic E-state index is 12.0. The predicted octanol–water partition coefficient (Wildman–Crippen LogP) is 0.849. The van der Waals surface area contributed by atoms with Crippen LogP contribution in [-0.2, 0) is 11.8 Å². The van der Waals surface area contributed by atoms with Gasteiger partial charge in [0.25, 0.3) is 0 Å². The number of imide groups is 1. The lowest BCUT2D eigenvalue weighted by Crippen LogP contribution is -2.47. The quantitative estimate of drug-likeness (QED) is 0.799. The third kappa shape index (κ3) is 4.69. The summed E-state index contributed by atoms with van der Waals surface area (Å²) >= 11 is 1.21. The molecule has 8 nitrogen and oxygen atoms in total. The zero-order valence-corrected chi connectivity index (χ0v) is 13.0. The average Bonchev–Trinajstić information content (AvgIpc) is 2.85. The van der Waals surface area contributed by atoms with Gasteiger partial charge in [-0.15, -0.1) is 5.10 Å². The Hall–Kier alpha value is -1.64. The van der Waals surface area contributed by atoms with Gasteiger partial charge in [0.15, 0.2) is 0 Å². The molecule has 21 heavy (non-hydrogen) atoms. The Kier molecular flexibility index (Phi) is 5.54. The number of aromatic nitrogens is 4. The van der Waals surface area contributed by atoms with E-state index in [4.69, 9.17) is 0 Å². The highest BCUT2D eigenvalue weighted by Gasteiger charge is 2.21. The second-order valence-electron chi connectivity index (χ2n) is 5.14. The van der Waals surface area contributed by atoms with E-state index in [9.17, 15) is 9.59 Å². The highest BCUT2D eigenvalue weighted by molar-refractivity contribution is 8.00. The first kappa shape index (κ1) is 15.7. The van der Waals surface area contributed by atoms with Gasteiger partial charge in [0.1, 0.15) is 0 Å². The fourth-order valence-corrected chi connectivity index (χ4v) is 2.97. The normalized spacial score (nSPS) is 17.2. The molecular weight excluding hydrogens is 292 g/mol. The molecule has 1 aliphatic rings. The van der Waals surface area contributed by atoms with Crippen molar-refractivity contribution in [1.29, 1.82) is 0 Å². The molecule has 1 saturated carbocycles. The molecule has 1 heterocycles. The summed E-state index contributed by atoms with van der Waals surface area (Å²) in [6, 6.07) is -0.243. The van der Waals surface area contributed by atoms with E-state index < -0.39 is 11.3 Å². The summed E-state index contributed by atoms with van der Waals surface area (Å²) in [5, 5.41) is 16.3. The maximum absolute atomic E-state index is 12.0. The first-order valence-electron chi connectivity index (χ1n) is 7.06. The Morgan fingerprint density at radius 3 is 2.67 bits per heavy atom. The molecule has 2 N–H and O–H groups in total. The molecule has 1 aliphatic carbocycles.